The minimum Gasteiger partial charge on any atom is -0.366 e. The predicted molar refractivity (Wildman–Crippen MR) is 115 cm³/mol. The maximum absolute atomic E-state index is 14.9. The summed E-state index contributed by atoms with van der Waals surface area (Å²) in [5.41, 5.74) is 6.27. The number of primary amides is 1. The molecule has 3 rings (SSSR count). The number of hydrogen-bond acceptors (Lipinski definition) is 5. The zero-order valence-corrected chi connectivity index (χ0v) is 17.4. The van der Waals surface area contributed by atoms with E-state index in [0.29, 0.717) is 24.9 Å². The third kappa shape index (κ3) is 4.38. The van der Waals surface area contributed by atoms with E-state index < -0.39 is 11.7 Å². The standard InChI is InChI=1S/C22H23FN6O2/c1-5-16-8-7-14(11-29(16)17(30)6-2)9-25-22-19(23)13(3)18(21(24)31)20(27-22)15-10-26-28(4)12-15/h1,6,9-10,12,14,16H,2,7-8,11H2,3-4H3,(H2,24,31)/t14?,16-/m1/s1. The number of carbonyl (C=O) groups excluding carboxylic acids is 2. The lowest BCUT2D eigenvalue weighted by Crippen LogP contribution is -2.46. The first kappa shape index (κ1) is 21.9. The Morgan fingerprint density at radius 2 is 2.19 bits per heavy atom. The van der Waals surface area contributed by atoms with Crippen molar-refractivity contribution in [3.05, 3.63) is 42.0 Å². The van der Waals surface area contributed by atoms with Crippen LogP contribution in [0.25, 0.3) is 11.3 Å². The molecule has 8 nitrogen and oxygen atoms in total. The van der Waals surface area contributed by atoms with Crippen LogP contribution in [-0.2, 0) is 11.8 Å². The van der Waals surface area contributed by atoms with Gasteiger partial charge in [-0.1, -0.05) is 12.5 Å². The van der Waals surface area contributed by atoms with Gasteiger partial charge >= 0.3 is 0 Å². The molecular weight excluding hydrogens is 399 g/mol. The maximum atomic E-state index is 14.9. The molecule has 2 N–H and O–H groups in total. The van der Waals surface area contributed by atoms with Crippen molar-refractivity contribution in [1.29, 1.82) is 0 Å². The smallest absolute Gasteiger partial charge is 0.251 e. The summed E-state index contributed by atoms with van der Waals surface area (Å²) in [6.45, 7) is 5.31. The molecule has 1 unspecified atom stereocenters. The monoisotopic (exact) mass is 422 g/mol. The first-order valence-electron chi connectivity index (χ1n) is 9.69. The van der Waals surface area contributed by atoms with E-state index in [2.05, 4.69) is 27.6 Å². The summed E-state index contributed by atoms with van der Waals surface area (Å²) in [7, 11) is 1.71. The van der Waals surface area contributed by atoms with Gasteiger partial charge in [-0.15, -0.1) is 6.42 Å². The molecule has 160 valence electrons. The van der Waals surface area contributed by atoms with E-state index in [0.717, 1.165) is 0 Å². The molecule has 1 saturated heterocycles. The van der Waals surface area contributed by atoms with Crippen molar-refractivity contribution in [1.82, 2.24) is 19.7 Å². The second-order valence-electron chi connectivity index (χ2n) is 7.36. The van der Waals surface area contributed by atoms with Crippen LogP contribution in [0, 0.1) is 31.0 Å². The SMILES string of the molecule is C#C[C@@H]1CCC(C=Nc2nc(-c3cnn(C)c3)c(C(N)=O)c(C)c2F)CN1C(=O)C=C. The van der Waals surface area contributed by atoms with Crippen LogP contribution in [0.15, 0.2) is 30.0 Å². The number of nitrogens with zero attached hydrogens (tertiary/aromatic N) is 5. The van der Waals surface area contributed by atoms with Crippen LogP contribution in [0.5, 0.6) is 0 Å². The highest BCUT2D eigenvalue weighted by atomic mass is 19.1. The van der Waals surface area contributed by atoms with Gasteiger partial charge in [0.25, 0.3) is 5.91 Å². The molecule has 31 heavy (non-hydrogen) atoms. The van der Waals surface area contributed by atoms with E-state index in [4.69, 9.17) is 12.2 Å². The second-order valence-corrected chi connectivity index (χ2v) is 7.36. The molecule has 0 aliphatic carbocycles. The Morgan fingerprint density at radius 1 is 1.45 bits per heavy atom. The number of likely N-dealkylation sites (tertiary alicyclic amines) is 1. The minimum atomic E-state index is -0.788. The van der Waals surface area contributed by atoms with E-state index in [1.54, 1.807) is 29.0 Å². The Bertz CT molecular complexity index is 1110. The summed E-state index contributed by atoms with van der Waals surface area (Å²) in [6.07, 6.45) is 12.8. The van der Waals surface area contributed by atoms with Gasteiger partial charge in [0.05, 0.1) is 23.5 Å². The van der Waals surface area contributed by atoms with E-state index in [1.165, 1.54) is 19.2 Å². The molecule has 2 amide bonds. The van der Waals surface area contributed by atoms with Crippen LogP contribution >= 0.6 is 0 Å². The molecule has 0 saturated carbocycles. The number of terminal acetylenes is 1. The fourth-order valence-corrected chi connectivity index (χ4v) is 3.64. The highest BCUT2D eigenvalue weighted by Gasteiger charge is 2.29. The van der Waals surface area contributed by atoms with Crippen LogP contribution in [0.1, 0.15) is 28.8 Å². The average molecular weight is 422 g/mol. The summed E-state index contributed by atoms with van der Waals surface area (Å²) in [6, 6.07) is -0.306. The lowest BCUT2D eigenvalue weighted by atomic mass is 9.93. The predicted octanol–water partition coefficient (Wildman–Crippen LogP) is 2.16. The fourth-order valence-electron chi connectivity index (χ4n) is 3.64. The molecule has 2 atom stereocenters. The minimum absolute atomic E-state index is 0.0123. The van der Waals surface area contributed by atoms with Crippen LogP contribution in [0.3, 0.4) is 0 Å². The second kappa shape index (κ2) is 8.92. The molecule has 0 aromatic carbocycles. The molecule has 9 heteroatoms. The average Bonchev–Trinajstić information content (AvgIpc) is 3.19. The van der Waals surface area contributed by atoms with Gasteiger partial charge in [-0.25, -0.2) is 14.4 Å². The highest BCUT2D eigenvalue weighted by molar-refractivity contribution is 6.00. The number of aromatic nitrogens is 3. The molecule has 2 aromatic heterocycles. The third-order valence-electron chi connectivity index (χ3n) is 5.26. The van der Waals surface area contributed by atoms with Gasteiger partial charge in [0, 0.05) is 43.0 Å². The van der Waals surface area contributed by atoms with Crippen LogP contribution in [0.2, 0.25) is 0 Å². The Kier molecular flexibility index (Phi) is 6.30. The van der Waals surface area contributed by atoms with Crippen molar-refractivity contribution >= 4 is 23.8 Å². The Labute approximate surface area is 179 Å². The van der Waals surface area contributed by atoms with Crippen molar-refractivity contribution in [3.8, 4) is 23.6 Å². The van der Waals surface area contributed by atoms with Crippen LogP contribution in [-0.4, -0.2) is 50.3 Å². The van der Waals surface area contributed by atoms with Crippen LogP contribution in [0.4, 0.5) is 10.2 Å². The molecule has 1 aliphatic rings. The van der Waals surface area contributed by atoms with Crippen molar-refractivity contribution in [3.63, 3.8) is 0 Å². The van der Waals surface area contributed by atoms with Crippen molar-refractivity contribution in [2.75, 3.05) is 6.54 Å². The molecule has 3 heterocycles. The highest BCUT2D eigenvalue weighted by Crippen LogP contribution is 2.31. The van der Waals surface area contributed by atoms with E-state index in [9.17, 15) is 14.0 Å². The number of halogens is 1. The van der Waals surface area contributed by atoms with E-state index in [1.807, 2.05) is 0 Å². The number of hydrogen-bond donors (Lipinski definition) is 1. The fraction of sp³-hybridized carbons (Fsp3) is 0.318. The number of pyridine rings is 1. The van der Waals surface area contributed by atoms with Gasteiger partial charge in [-0.3, -0.25) is 14.3 Å². The van der Waals surface area contributed by atoms with E-state index >= 15 is 0 Å². The first-order valence-corrected chi connectivity index (χ1v) is 9.69. The Balaban J connectivity index is 1.96. The van der Waals surface area contributed by atoms with Gasteiger partial charge in [0.15, 0.2) is 11.6 Å². The van der Waals surface area contributed by atoms with Crippen molar-refractivity contribution < 1.29 is 14.0 Å². The topological polar surface area (TPSA) is 106 Å². The van der Waals surface area contributed by atoms with Gasteiger partial charge in [-0.2, -0.15) is 5.10 Å². The summed E-state index contributed by atoms with van der Waals surface area (Å²) >= 11 is 0. The number of carbonyl (C=O) groups is 2. The Morgan fingerprint density at radius 3 is 2.77 bits per heavy atom. The molecule has 0 radical (unpaired) electrons. The van der Waals surface area contributed by atoms with Gasteiger partial charge < -0.3 is 10.6 Å². The zero-order chi connectivity index (χ0) is 22.7. The number of aryl methyl sites for hydroxylation is 1. The summed E-state index contributed by atoms with van der Waals surface area (Å²) < 4.78 is 16.5. The number of rotatable bonds is 5. The van der Waals surface area contributed by atoms with Gasteiger partial charge in [-0.05, 0) is 25.8 Å². The third-order valence-corrected chi connectivity index (χ3v) is 5.26. The molecule has 1 fully saturated rings. The zero-order valence-electron chi connectivity index (χ0n) is 17.4. The summed E-state index contributed by atoms with van der Waals surface area (Å²) in [5.74, 6) is 0.543. The largest absolute Gasteiger partial charge is 0.366 e. The summed E-state index contributed by atoms with van der Waals surface area (Å²) in [4.78, 5) is 34.1. The quantitative estimate of drug-likeness (QED) is 0.453. The van der Waals surface area contributed by atoms with Crippen molar-refractivity contribution in [2.45, 2.75) is 25.8 Å². The lowest BCUT2D eigenvalue weighted by molar-refractivity contribution is -0.128. The maximum Gasteiger partial charge on any atom is 0.251 e. The number of amides is 2. The normalized spacial score (nSPS) is 18.7. The Hall–Kier alpha value is -3.80. The van der Waals surface area contributed by atoms with E-state index in [-0.39, 0.29) is 40.5 Å². The van der Waals surface area contributed by atoms with Gasteiger partial charge in [0.2, 0.25) is 5.91 Å². The first-order chi connectivity index (χ1) is 14.8. The lowest BCUT2D eigenvalue weighted by Gasteiger charge is -2.35. The molecule has 1 aliphatic heterocycles. The molecular formula is C22H23FN6O2. The molecule has 2 aromatic rings. The van der Waals surface area contributed by atoms with Gasteiger partial charge in [0.1, 0.15) is 0 Å². The van der Waals surface area contributed by atoms with Crippen molar-refractivity contribution in [2.24, 2.45) is 23.7 Å². The number of nitrogens with two attached hydrogens (primary N) is 1. The molecule has 0 bridgehead atoms. The molecule has 0 spiro atoms. The van der Waals surface area contributed by atoms with Crippen LogP contribution < -0.4 is 5.73 Å². The number of aliphatic imine (C=N–C) groups is 1. The summed E-state index contributed by atoms with van der Waals surface area (Å²) in [5, 5.41) is 4.07. The number of piperidine rings is 1.